The first-order valence-corrected chi connectivity index (χ1v) is 8.21. The summed E-state index contributed by atoms with van der Waals surface area (Å²) < 4.78 is 48.7. The van der Waals surface area contributed by atoms with Crippen LogP contribution in [0.25, 0.3) is 0 Å². The number of benzene rings is 1. The van der Waals surface area contributed by atoms with E-state index in [4.69, 9.17) is 4.74 Å². The zero-order chi connectivity index (χ0) is 19.5. The summed E-state index contributed by atoms with van der Waals surface area (Å²) in [5.74, 6) is 0. The average molecular weight is 374 g/mol. The second-order valence-corrected chi connectivity index (χ2v) is 5.88. The third kappa shape index (κ3) is 3.71. The van der Waals surface area contributed by atoms with Gasteiger partial charge in [-0.3, -0.25) is 10.2 Å². The van der Waals surface area contributed by atoms with E-state index in [0.29, 0.717) is 12.0 Å². The largest absolute Gasteiger partial charge is 0.453 e. The highest BCUT2D eigenvalue weighted by molar-refractivity contribution is 5.92. The molecule has 144 valence electrons. The Hall–Kier alpha value is -2.45. The minimum Gasteiger partial charge on any atom is -0.453 e. The van der Waals surface area contributed by atoms with Crippen LogP contribution < -0.4 is 10.2 Å². The SMILES string of the molecule is CCOC(=O)N1c2ccc(C(F)(F)F)cc2CCC1(CC)NC(=O)OC. The Labute approximate surface area is 149 Å². The number of amides is 2. The molecule has 0 spiro atoms. The maximum Gasteiger partial charge on any atom is 0.416 e. The molecule has 2 rings (SSSR count). The summed E-state index contributed by atoms with van der Waals surface area (Å²) in [6, 6.07) is 3.17. The van der Waals surface area contributed by atoms with E-state index in [0.717, 1.165) is 12.1 Å². The number of ether oxygens (including phenoxy) is 2. The number of halogens is 3. The van der Waals surface area contributed by atoms with E-state index < -0.39 is 29.6 Å². The Morgan fingerprint density at radius 2 is 2.00 bits per heavy atom. The topological polar surface area (TPSA) is 67.9 Å². The Bertz CT molecular complexity index is 693. The summed E-state index contributed by atoms with van der Waals surface area (Å²) in [5.41, 5.74) is -1.29. The van der Waals surface area contributed by atoms with Crippen molar-refractivity contribution in [1.82, 2.24) is 5.32 Å². The van der Waals surface area contributed by atoms with Crippen molar-refractivity contribution in [3.63, 3.8) is 0 Å². The quantitative estimate of drug-likeness (QED) is 0.866. The second-order valence-electron chi connectivity index (χ2n) is 5.88. The van der Waals surface area contributed by atoms with E-state index in [2.05, 4.69) is 10.1 Å². The predicted octanol–water partition coefficient (Wildman–Crippen LogP) is 4.08. The molecule has 0 aromatic heterocycles. The summed E-state index contributed by atoms with van der Waals surface area (Å²) in [6.45, 7) is 3.47. The summed E-state index contributed by atoms with van der Waals surface area (Å²) in [7, 11) is 1.19. The lowest BCUT2D eigenvalue weighted by atomic mass is 9.88. The maximum absolute atomic E-state index is 13.0. The maximum atomic E-state index is 13.0. The van der Waals surface area contributed by atoms with Gasteiger partial charge in [0.1, 0.15) is 5.66 Å². The van der Waals surface area contributed by atoms with Crippen molar-refractivity contribution in [3.8, 4) is 0 Å². The fourth-order valence-electron chi connectivity index (χ4n) is 3.11. The molecule has 1 aromatic rings. The van der Waals surface area contributed by atoms with E-state index in [1.807, 2.05) is 0 Å². The van der Waals surface area contributed by atoms with Crippen molar-refractivity contribution < 1.29 is 32.2 Å². The van der Waals surface area contributed by atoms with Gasteiger partial charge < -0.3 is 9.47 Å². The van der Waals surface area contributed by atoms with Gasteiger partial charge in [-0.25, -0.2) is 9.59 Å². The molecule has 1 N–H and O–H groups in total. The Morgan fingerprint density at radius 1 is 1.31 bits per heavy atom. The Morgan fingerprint density at radius 3 is 2.54 bits per heavy atom. The smallest absolute Gasteiger partial charge is 0.416 e. The molecule has 6 nitrogen and oxygen atoms in total. The standard InChI is InChI=1S/C17H21F3N2O4/c1-4-16(21-14(23)25-3)9-8-11-10-12(17(18,19)20)6-7-13(11)22(16)15(24)26-5-2/h6-7,10H,4-5,8-9H2,1-3H3,(H,21,23). The lowest BCUT2D eigenvalue weighted by molar-refractivity contribution is -0.137. The molecule has 0 fully saturated rings. The van der Waals surface area contributed by atoms with Crippen LogP contribution in [0, 0.1) is 0 Å². The van der Waals surface area contributed by atoms with E-state index >= 15 is 0 Å². The number of alkyl carbamates (subject to hydrolysis) is 1. The van der Waals surface area contributed by atoms with Gasteiger partial charge in [0.05, 0.1) is 25.0 Å². The number of carbonyl (C=O) groups is 2. The number of methoxy groups -OCH3 is 1. The summed E-state index contributed by atoms with van der Waals surface area (Å²) in [6.07, 6.45) is -5.16. The number of fused-ring (bicyclic) bond motifs is 1. The number of nitrogens with one attached hydrogen (secondary N) is 1. The predicted molar refractivity (Wildman–Crippen MR) is 87.8 cm³/mol. The minimum atomic E-state index is -4.48. The summed E-state index contributed by atoms with van der Waals surface area (Å²) in [5, 5.41) is 2.65. The number of aryl methyl sites for hydroxylation is 1. The lowest BCUT2D eigenvalue weighted by Gasteiger charge is -2.46. The normalized spacial score (nSPS) is 19.5. The van der Waals surface area contributed by atoms with Gasteiger partial charge in [0.15, 0.2) is 0 Å². The number of hydrogen-bond acceptors (Lipinski definition) is 4. The highest BCUT2D eigenvalue weighted by Crippen LogP contribution is 2.41. The van der Waals surface area contributed by atoms with Gasteiger partial charge in [0.25, 0.3) is 0 Å². The molecule has 0 aliphatic carbocycles. The molecule has 0 radical (unpaired) electrons. The first kappa shape index (κ1) is 19.9. The molecule has 1 aliphatic rings. The molecule has 1 aliphatic heterocycles. The molecule has 0 saturated carbocycles. The number of anilines is 1. The molecule has 0 bridgehead atoms. The number of carbonyl (C=O) groups excluding carboxylic acids is 2. The zero-order valence-electron chi connectivity index (χ0n) is 14.8. The van der Waals surface area contributed by atoms with Gasteiger partial charge in [-0.2, -0.15) is 13.2 Å². The van der Waals surface area contributed by atoms with Crippen molar-refractivity contribution in [1.29, 1.82) is 0 Å². The Balaban J connectivity index is 2.55. The Kier molecular flexibility index (Phi) is 5.68. The van der Waals surface area contributed by atoms with Gasteiger partial charge in [-0.1, -0.05) is 6.92 Å². The molecule has 1 heterocycles. The van der Waals surface area contributed by atoms with Crippen LogP contribution >= 0.6 is 0 Å². The number of alkyl halides is 3. The third-order valence-corrected chi connectivity index (χ3v) is 4.44. The van der Waals surface area contributed by atoms with E-state index in [1.165, 1.54) is 18.1 Å². The van der Waals surface area contributed by atoms with Crippen LogP contribution in [0.1, 0.15) is 37.8 Å². The molecule has 0 saturated heterocycles. The second kappa shape index (κ2) is 7.43. The molecule has 1 unspecified atom stereocenters. The summed E-state index contributed by atoms with van der Waals surface area (Å²) >= 11 is 0. The van der Waals surface area contributed by atoms with Gasteiger partial charge in [0.2, 0.25) is 0 Å². The van der Waals surface area contributed by atoms with Crippen LogP contribution in [0.4, 0.5) is 28.4 Å². The average Bonchev–Trinajstić information content (AvgIpc) is 2.60. The van der Waals surface area contributed by atoms with Gasteiger partial charge in [-0.05, 0) is 49.9 Å². The van der Waals surface area contributed by atoms with E-state index in [9.17, 15) is 22.8 Å². The molecular weight excluding hydrogens is 353 g/mol. The van der Waals surface area contributed by atoms with Crippen molar-refractivity contribution in [3.05, 3.63) is 29.3 Å². The fraction of sp³-hybridized carbons (Fsp3) is 0.529. The van der Waals surface area contributed by atoms with Crippen LogP contribution in [0.5, 0.6) is 0 Å². The number of rotatable bonds is 3. The molecule has 1 atom stereocenters. The van der Waals surface area contributed by atoms with Crippen molar-refractivity contribution in [2.24, 2.45) is 0 Å². The van der Waals surface area contributed by atoms with Crippen LogP contribution in [0.3, 0.4) is 0 Å². The molecule has 2 amide bonds. The van der Waals surface area contributed by atoms with Gasteiger partial charge in [0, 0.05) is 0 Å². The molecule has 9 heteroatoms. The monoisotopic (exact) mass is 374 g/mol. The van der Waals surface area contributed by atoms with Gasteiger partial charge >= 0.3 is 18.4 Å². The lowest BCUT2D eigenvalue weighted by Crippen LogP contribution is -2.64. The number of nitrogens with zero attached hydrogens (tertiary/aromatic N) is 1. The van der Waals surface area contributed by atoms with Gasteiger partial charge in [-0.15, -0.1) is 0 Å². The first-order valence-electron chi connectivity index (χ1n) is 8.21. The highest BCUT2D eigenvalue weighted by atomic mass is 19.4. The van der Waals surface area contributed by atoms with Crippen molar-refractivity contribution in [2.75, 3.05) is 18.6 Å². The first-order chi connectivity index (χ1) is 12.2. The minimum absolute atomic E-state index is 0.0866. The van der Waals surface area contributed by atoms with Crippen LogP contribution in [-0.2, 0) is 22.1 Å². The molecule has 26 heavy (non-hydrogen) atoms. The van der Waals surface area contributed by atoms with Crippen molar-refractivity contribution >= 4 is 17.9 Å². The highest BCUT2D eigenvalue weighted by Gasteiger charge is 2.46. The number of hydrogen-bond donors (Lipinski definition) is 1. The van der Waals surface area contributed by atoms with Crippen LogP contribution in [0.15, 0.2) is 18.2 Å². The summed E-state index contributed by atoms with van der Waals surface area (Å²) in [4.78, 5) is 25.6. The van der Waals surface area contributed by atoms with E-state index in [-0.39, 0.29) is 25.1 Å². The van der Waals surface area contributed by atoms with E-state index in [1.54, 1.807) is 13.8 Å². The van der Waals surface area contributed by atoms with Crippen molar-refractivity contribution in [2.45, 2.75) is 44.9 Å². The van der Waals surface area contributed by atoms with Crippen LogP contribution in [0.2, 0.25) is 0 Å². The van der Waals surface area contributed by atoms with Crippen LogP contribution in [-0.4, -0.2) is 31.6 Å². The molecule has 1 aromatic carbocycles. The fourth-order valence-corrected chi connectivity index (χ4v) is 3.11. The zero-order valence-corrected chi connectivity index (χ0v) is 14.8. The third-order valence-electron chi connectivity index (χ3n) is 4.44. The molecular formula is C17H21F3N2O4.